The minimum Gasteiger partial charge on any atom is -0.364 e. The SMILES string of the molecule is Cl.Cl.Cl.NC[C@H]1CC[C@@H](C(=O)N2CCN(Cc3ccccn3)CC2)O1. The molecule has 0 spiro atoms. The summed E-state index contributed by atoms with van der Waals surface area (Å²) in [5, 5.41) is 0. The number of carbonyl (C=O) groups is 1. The smallest absolute Gasteiger partial charge is 0.251 e. The Labute approximate surface area is 167 Å². The van der Waals surface area contributed by atoms with Gasteiger partial charge in [0.2, 0.25) is 0 Å². The lowest BCUT2D eigenvalue weighted by molar-refractivity contribution is -0.144. The summed E-state index contributed by atoms with van der Waals surface area (Å²) in [5.74, 6) is 0.133. The van der Waals surface area contributed by atoms with E-state index in [0.29, 0.717) is 6.54 Å². The summed E-state index contributed by atoms with van der Waals surface area (Å²) in [4.78, 5) is 21.1. The molecule has 6 nitrogen and oxygen atoms in total. The van der Waals surface area contributed by atoms with Crippen LogP contribution in [0.3, 0.4) is 0 Å². The Morgan fingerprint density at radius 1 is 1.16 bits per heavy atom. The zero-order chi connectivity index (χ0) is 15.4. The van der Waals surface area contributed by atoms with Crippen molar-refractivity contribution in [3.63, 3.8) is 0 Å². The number of ether oxygens (including phenoxy) is 1. The molecule has 0 saturated carbocycles. The Morgan fingerprint density at radius 2 is 1.88 bits per heavy atom. The molecule has 0 unspecified atom stereocenters. The van der Waals surface area contributed by atoms with Crippen molar-refractivity contribution >= 4 is 43.1 Å². The van der Waals surface area contributed by atoms with Crippen molar-refractivity contribution < 1.29 is 9.53 Å². The first-order valence-electron chi connectivity index (χ1n) is 8.03. The van der Waals surface area contributed by atoms with Gasteiger partial charge >= 0.3 is 0 Å². The lowest BCUT2D eigenvalue weighted by Crippen LogP contribution is -2.51. The minimum atomic E-state index is -0.282. The molecular weight excluding hydrogens is 387 g/mol. The van der Waals surface area contributed by atoms with Crippen LogP contribution in [0.25, 0.3) is 0 Å². The molecule has 1 aromatic heterocycles. The van der Waals surface area contributed by atoms with Crippen LogP contribution in [0.4, 0.5) is 0 Å². The number of nitrogens with zero attached hydrogens (tertiary/aromatic N) is 3. The molecule has 144 valence electrons. The predicted octanol–water partition coefficient (Wildman–Crippen LogP) is 1.50. The summed E-state index contributed by atoms with van der Waals surface area (Å²) in [6, 6.07) is 5.97. The number of amides is 1. The minimum absolute atomic E-state index is 0. The number of piperazine rings is 1. The van der Waals surface area contributed by atoms with Crippen LogP contribution in [0.15, 0.2) is 24.4 Å². The number of rotatable bonds is 4. The molecule has 2 saturated heterocycles. The molecule has 0 bridgehead atoms. The molecule has 1 aromatic rings. The number of aromatic nitrogens is 1. The number of pyridine rings is 1. The zero-order valence-corrected chi connectivity index (χ0v) is 16.5. The van der Waals surface area contributed by atoms with Gasteiger partial charge in [0.05, 0.1) is 11.8 Å². The molecular formula is C16H27Cl3N4O2. The second-order valence-corrected chi connectivity index (χ2v) is 5.98. The highest BCUT2D eigenvalue weighted by Gasteiger charge is 2.34. The summed E-state index contributed by atoms with van der Waals surface area (Å²) in [6.45, 7) is 4.64. The van der Waals surface area contributed by atoms with Gasteiger partial charge in [0.1, 0.15) is 6.10 Å². The average Bonchev–Trinajstić information content (AvgIpc) is 3.05. The first-order chi connectivity index (χ1) is 10.8. The number of hydrogen-bond acceptors (Lipinski definition) is 5. The van der Waals surface area contributed by atoms with Crippen molar-refractivity contribution in [3.8, 4) is 0 Å². The normalized spacial score (nSPS) is 23.2. The first kappa shape index (κ1) is 24.4. The van der Waals surface area contributed by atoms with E-state index in [1.54, 1.807) is 0 Å². The largest absolute Gasteiger partial charge is 0.364 e. The lowest BCUT2D eigenvalue weighted by atomic mass is 10.1. The number of carbonyl (C=O) groups excluding carboxylic acids is 1. The van der Waals surface area contributed by atoms with E-state index in [1.807, 2.05) is 29.3 Å². The summed E-state index contributed by atoms with van der Waals surface area (Å²) in [7, 11) is 0. The van der Waals surface area contributed by atoms with Crippen LogP contribution in [-0.2, 0) is 16.1 Å². The monoisotopic (exact) mass is 412 g/mol. The van der Waals surface area contributed by atoms with Gasteiger partial charge in [0.25, 0.3) is 5.91 Å². The van der Waals surface area contributed by atoms with E-state index >= 15 is 0 Å². The van der Waals surface area contributed by atoms with Crippen LogP contribution in [0.5, 0.6) is 0 Å². The molecule has 25 heavy (non-hydrogen) atoms. The van der Waals surface area contributed by atoms with E-state index in [0.717, 1.165) is 51.3 Å². The molecule has 2 N–H and O–H groups in total. The van der Waals surface area contributed by atoms with Crippen molar-refractivity contribution in [2.24, 2.45) is 5.73 Å². The maximum absolute atomic E-state index is 12.5. The van der Waals surface area contributed by atoms with Crippen LogP contribution in [-0.4, -0.2) is 65.6 Å². The van der Waals surface area contributed by atoms with Gasteiger partial charge in [-0.05, 0) is 25.0 Å². The van der Waals surface area contributed by atoms with Gasteiger partial charge in [-0.1, -0.05) is 6.07 Å². The Morgan fingerprint density at radius 3 is 2.44 bits per heavy atom. The molecule has 3 rings (SSSR count). The van der Waals surface area contributed by atoms with Crippen molar-refractivity contribution in [1.82, 2.24) is 14.8 Å². The number of nitrogens with two attached hydrogens (primary N) is 1. The topological polar surface area (TPSA) is 71.7 Å². The van der Waals surface area contributed by atoms with Crippen molar-refractivity contribution in [3.05, 3.63) is 30.1 Å². The molecule has 1 amide bonds. The summed E-state index contributed by atoms with van der Waals surface area (Å²) >= 11 is 0. The third kappa shape index (κ3) is 6.55. The van der Waals surface area contributed by atoms with Crippen LogP contribution < -0.4 is 5.73 Å². The Bertz CT molecular complexity index is 501. The number of halogens is 3. The van der Waals surface area contributed by atoms with Gasteiger partial charge in [-0.3, -0.25) is 14.7 Å². The van der Waals surface area contributed by atoms with Crippen molar-refractivity contribution in [2.45, 2.75) is 31.6 Å². The molecule has 2 atom stereocenters. The maximum Gasteiger partial charge on any atom is 0.251 e. The van der Waals surface area contributed by atoms with E-state index in [-0.39, 0.29) is 55.3 Å². The molecule has 0 aliphatic carbocycles. The Hall–Kier alpha value is -0.630. The average molecular weight is 414 g/mol. The summed E-state index contributed by atoms with van der Waals surface area (Å²) in [6.07, 6.45) is 3.29. The summed E-state index contributed by atoms with van der Waals surface area (Å²) in [5.41, 5.74) is 6.68. The maximum atomic E-state index is 12.5. The molecule has 2 aliphatic rings. The Kier molecular flexibility index (Phi) is 11.6. The molecule has 2 fully saturated rings. The molecule has 2 aliphatic heterocycles. The van der Waals surface area contributed by atoms with E-state index in [1.165, 1.54) is 0 Å². The molecule has 3 heterocycles. The third-order valence-electron chi connectivity index (χ3n) is 4.44. The predicted molar refractivity (Wildman–Crippen MR) is 105 cm³/mol. The van der Waals surface area contributed by atoms with Gasteiger partial charge in [0, 0.05) is 45.5 Å². The number of hydrogen-bond donors (Lipinski definition) is 1. The highest BCUT2D eigenvalue weighted by atomic mass is 35.5. The van der Waals surface area contributed by atoms with Crippen LogP contribution in [0, 0.1) is 0 Å². The molecule has 0 aromatic carbocycles. The second kappa shape index (κ2) is 11.9. The first-order valence-corrected chi connectivity index (χ1v) is 8.03. The fourth-order valence-corrected chi connectivity index (χ4v) is 3.11. The quantitative estimate of drug-likeness (QED) is 0.810. The van der Waals surface area contributed by atoms with E-state index in [4.69, 9.17) is 10.5 Å². The van der Waals surface area contributed by atoms with Crippen LogP contribution in [0.1, 0.15) is 18.5 Å². The van der Waals surface area contributed by atoms with Gasteiger partial charge in [-0.2, -0.15) is 0 Å². The van der Waals surface area contributed by atoms with Crippen molar-refractivity contribution in [1.29, 1.82) is 0 Å². The third-order valence-corrected chi connectivity index (χ3v) is 4.44. The lowest BCUT2D eigenvalue weighted by Gasteiger charge is -2.35. The zero-order valence-electron chi connectivity index (χ0n) is 14.1. The van der Waals surface area contributed by atoms with E-state index in [9.17, 15) is 4.79 Å². The van der Waals surface area contributed by atoms with Crippen LogP contribution in [0.2, 0.25) is 0 Å². The fourth-order valence-electron chi connectivity index (χ4n) is 3.11. The van der Waals surface area contributed by atoms with Crippen LogP contribution >= 0.6 is 37.2 Å². The Balaban J connectivity index is 0.00000192. The molecule has 9 heteroatoms. The highest BCUT2D eigenvalue weighted by molar-refractivity contribution is 5.86. The van der Waals surface area contributed by atoms with Crippen molar-refractivity contribution in [2.75, 3.05) is 32.7 Å². The van der Waals surface area contributed by atoms with Gasteiger partial charge in [0.15, 0.2) is 0 Å². The fraction of sp³-hybridized carbons (Fsp3) is 0.625. The second-order valence-electron chi connectivity index (χ2n) is 5.98. The standard InChI is InChI=1S/C16H24N4O2.3ClH/c17-11-14-4-5-15(22-14)16(21)20-9-7-19(8-10-20)12-13-3-1-2-6-18-13;;;/h1-3,6,14-15H,4-5,7-12,17H2;3*1H/t14-,15+;;;/m1.../s1. The highest BCUT2D eigenvalue weighted by Crippen LogP contribution is 2.21. The van der Waals surface area contributed by atoms with E-state index < -0.39 is 0 Å². The van der Waals surface area contributed by atoms with Gasteiger partial charge in [-0.25, -0.2) is 0 Å². The summed E-state index contributed by atoms with van der Waals surface area (Å²) < 4.78 is 5.71. The van der Waals surface area contributed by atoms with Gasteiger partial charge in [-0.15, -0.1) is 37.2 Å². The molecule has 0 radical (unpaired) electrons. The van der Waals surface area contributed by atoms with E-state index in [2.05, 4.69) is 9.88 Å². The van der Waals surface area contributed by atoms with Gasteiger partial charge < -0.3 is 15.4 Å².